The van der Waals surface area contributed by atoms with Crippen molar-refractivity contribution >= 4 is 23.7 Å². The number of rotatable bonds is 8. The van der Waals surface area contributed by atoms with E-state index < -0.39 is 18.1 Å². The van der Waals surface area contributed by atoms with Crippen LogP contribution in [0, 0.1) is 0 Å². The molecule has 0 spiro atoms. The summed E-state index contributed by atoms with van der Waals surface area (Å²) in [6.07, 6.45) is -0.385. The minimum absolute atomic E-state index is 0.0854. The van der Waals surface area contributed by atoms with Crippen molar-refractivity contribution in [2.24, 2.45) is 0 Å². The zero-order chi connectivity index (χ0) is 21.2. The van der Waals surface area contributed by atoms with Gasteiger partial charge in [-0.1, -0.05) is 84.4 Å². The fourth-order valence-electron chi connectivity index (χ4n) is 2.79. The molecule has 1 amide bonds. The number of hydrogen-bond donors (Lipinski definition) is 1. The lowest BCUT2D eigenvalue weighted by Gasteiger charge is -2.18. The van der Waals surface area contributed by atoms with Crippen LogP contribution in [0.4, 0.5) is 4.79 Å². The van der Waals surface area contributed by atoms with Crippen LogP contribution in [0.5, 0.6) is 0 Å². The third-order valence-electron chi connectivity index (χ3n) is 4.37. The molecule has 1 atom stereocenters. The molecule has 0 bridgehead atoms. The van der Waals surface area contributed by atoms with Crippen LogP contribution in [0.2, 0.25) is 5.02 Å². The molecule has 0 aliphatic rings. The van der Waals surface area contributed by atoms with E-state index in [2.05, 4.69) is 5.32 Å². The summed E-state index contributed by atoms with van der Waals surface area (Å²) in [5, 5.41) is 3.23. The molecule has 0 fully saturated rings. The highest BCUT2D eigenvalue weighted by atomic mass is 35.5. The number of carbonyl (C=O) groups excluding carboxylic acids is 2. The van der Waals surface area contributed by atoms with Crippen LogP contribution in [0.1, 0.15) is 16.7 Å². The van der Waals surface area contributed by atoms with Crippen molar-refractivity contribution in [1.29, 1.82) is 0 Å². The van der Waals surface area contributed by atoms with Gasteiger partial charge in [-0.15, -0.1) is 0 Å². The molecule has 0 aliphatic carbocycles. The standard InChI is InChI=1S/C24H22ClNO4/c25-21-13-11-20(12-14-21)16-29-23(27)22(15-18-7-3-1-4-8-18)26-24(28)30-17-19-9-5-2-6-10-19/h1-14,22H,15-17H2,(H,26,28). The summed E-state index contributed by atoms with van der Waals surface area (Å²) in [5.41, 5.74) is 2.56. The van der Waals surface area contributed by atoms with E-state index in [4.69, 9.17) is 21.1 Å². The Bertz CT molecular complexity index is 946. The molecule has 1 unspecified atom stereocenters. The van der Waals surface area contributed by atoms with E-state index in [1.165, 1.54) is 0 Å². The highest BCUT2D eigenvalue weighted by Crippen LogP contribution is 2.12. The summed E-state index contributed by atoms with van der Waals surface area (Å²) >= 11 is 5.88. The van der Waals surface area contributed by atoms with Gasteiger partial charge in [0.1, 0.15) is 19.3 Å². The molecule has 0 aliphatic heterocycles. The molecule has 3 aromatic carbocycles. The van der Waals surface area contributed by atoms with Crippen LogP contribution >= 0.6 is 11.6 Å². The van der Waals surface area contributed by atoms with Crippen LogP contribution < -0.4 is 5.32 Å². The van der Waals surface area contributed by atoms with Crippen LogP contribution in [0.25, 0.3) is 0 Å². The van der Waals surface area contributed by atoms with Crippen molar-refractivity contribution in [3.05, 3.63) is 107 Å². The van der Waals surface area contributed by atoms with Crippen molar-refractivity contribution in [2.45, 2.75) is 25.7 Å². The van der Waals surface area contributed by atoms with Gasteiger partial charge in [0.25, 0.3) is 0 Å². The van der Waals surface area contributed by atoms with E-state index >= 15 is 0 Å². The summed E-state index contributed by atoms with van der Waals surface area (Å²) in [7, 11) is 0. The first-order valence-electron chi connectivity index (χ1n) is 9.52. The van der Waals surface area contributed by atoms with Gasteiger partial charge in [-0.3, -0.25) is 0 Å². The molecule has 0 aromatic heterocycles. The summed E-state index contributed by atoms with van der Waals surface area (Å²) in [6.45, 7) is 0.201. The first kappa shape index (κ1) is 21.4. The third kappa shape index (κ3) is 6.94. The molecule has 154 valence electrons. The van der Waals surface area contributed by atoms with Crippen LogP contribution in [-0.2, 0) is 33.9 Å². The van der Waals surface area contributed by atoms with Gasteiger partial charge >= 0.3 is 12.1 Å². The third-order valence-corrected chi connectivity index (χ3v) is 4.62. The van der Waals surface area contributed by atoms with Gasteiger partial charge in [-0.2, -0.15) is 0 Å². The average molecular weight is 424 g/mol. The summed E-state index contributed by atoms with van der Waals surface area (Å²) < 4.78 is 10.7. The molecule has 6 heteroatoms. The highest BCUT2D eigenvalue weighted by molar-refractivity contribution is 6.30. The molecule has 0 heterocycles. The fourth-order valence-corrected chi connectivity index (χ4v) is 2.91. The van der Waals surface area contributed by atoms with E-state index in [-0.39, 0.29) is 13.2 Å². The SMILES string of the molecule is O=C(NC(Cc1ccccc1)C(=O)OCc1ccc(Cl)cc1)OCc1ccccc1. The largest absolute Gasteiger partial charge is 0.459 e. The minimum atomic E-state index is -0.872. The predicted molar refractivity (Wildman–Crippen MR) is 115 cm³/mol. The van der Waals surface area contributed by atoms with Crippen molar-refractivity contribution in [1.82, 2.24) is 5.32 Å². The summed E-state index contributed by atoms with van der Waals surface area (Å²) in [4.78, 5) is 25.0. The number of halogens is 1. The normalized spacial score (nSPS) is 11.4. The molecule has 0 saturated heterocycles. The van der Waals surface area contributed by atoms with Crippen molar-refractivity contribution in [3.63, 3.8) is 0 Å². The molecule has 1 N–H and O–H groups in total. The van der Waals surface area contributed by atoms with Gasteiger partial charge in [0, 0.05) is 11.4 Å². The lowest BCUT2D eigenvalue weighted by atomic mass is 10.1. The first-order chi connectivity index (χ1) is 14.6. The van der Waals surface area contributed by atoms with Crippen LogP contribution in [-0.4, -0.2) is 18.1 Å². The zero-order valence-corrected chi connectivity index (χ0v) is 17.0. The topological polar surface area (TPSA) is 64.6 Å². The Morgan fingerprint density at radius 2 is 1.27 bits per heavy atom. The van der Waals surface area contributed by atoms with Crippen LogP contribution in [0.3, 0.4) is 0 Å². The molecular weight excluding hydrogens is 402 g/mol. The van der Waals surface area contributed by atoms with Gasteiger partial charge in [0.05, 0.1) is 0 Å². The molecule has 0 radical (unpaired) electrons. The quantitative estimate of drug-likeness (QED) is 0.522. The summed E-state index contributed by atoms with van der Waals surface area (Å²) in [6, 6.07) is 24.9. The monoisotopic (exact) mass is 423 g/mol. The Hall–Kier alpha value is -3.31. The number of hydrogen-bond acceptors (Lipinski definition) is 4. The Morgan fingerprint density at radius 3 is 1.90 bits per heavy atom. The summed E-state index contributed by atoms with van der Waals surface area (Å²) in [5.74, 6) is -0.537. The highest BCUT2D eigenvalue weighted by Gasteiger charge is 2.23. The second kappa shape index (κ2) is 11.0. The van der Waals surface area contributed by atoms with Gasteiger partial charge in [0.15, 0.2) is 0 Å². The lowest BCUT2D eigenvalue weighted by molar-refractivity contribution is -0.147. The van der Waals surface area contributed by atoms with Gasteiger partial charge < -0.3 is 14.8 Å². The van der Waals surface area contributed by atoms with Gasteiger partial charge in [0.2, 0.25) is 0 Å². The number of ether oxygens (including phenoxy) is 2. The minimum Gasteiger partial charge on any atom is -0.459 e. The van der Waals surface area contributed by atoms with Crippen molar-refractivity contribution < 1.29 is 19.1 Å². The Morgan fingerprint density at radius 1 is 0.733 bits per heavy atom. The second-order valence-electron chi connectivity index (χ2n) is 6.68. The maximum Gasteiger partial charge on any atom is 0.408 e. The first-order valence-corrected chi connectivity index (χ1v) is 9.90. The van der Waals surface area contributed by atoms with E-state index in [0.717, 1.165) is 16.7 Å². The number of benzene rings is 3. The lowest BCUT2D eigenvalue weighted by Crippen LogP contribution is -2.43. The number of nitrogens with one attached hydrogen (secondary N) is 1. The van der Waals surface area contributed by atoms with E-state index in [0.29, 0.717) is 11.4 Å². The van der Waals surface area contributed by atoms with Gasteiger partial charge in [-0.25, -0.2) is 9.59 Å². The molecule has 30 heavy (non-hydrogen) atoms. The average Bonchev–Trinajstić information content (AvgIpc) is 2.78. The van der Waals surface area contributed by atoms with Crippen molar-refractivity contribution in [2.75, 3.05) is 0 Å². The number of amides is 1. The Kier molecular flexibility index (Phi) is 7.86. The second-order valence-corrected chi connectivity index (χ2v) is 7.12. The number of carbonyl (C=O) groups is 2. The molecule has 3 aromatic rings. The number of esters is 1. The van der Waals surface area contributed by atoms with Crippen LogP contribution in [0.15, 0.2) is 84.9 Å². The number of alkyl carbamates (subject to hydrolysis) is 1. The smallest absolute Gasteiger partial charge is 0.408 e. The van der Waals surface area contributed by atoms with E-state index in [1.807, 2.05) is 60.7 Å². The zero-order valence-electron chi connectivity index (χ0n) is 16.3. The molecular formula is C24H22ClNO4. The van der Waals surface area contributed by atoms with Crippen molar-refractivity contribution in [3.8, 4) is 0 Å². The Labute approximate surface area is 180 Å². The van der Waals surface area contributed by atoms with E-state index in [1.54, 1.807) is 24.3 Å². The maximum atomic E-state index is 12.7. The van der Waals surface area contributed by atoms with Gasteiger partial charge in [-0.05, 0) is 28.8 Å². The Balaban J connectivity index is 1.60. The predicted octanol–water partition coefficient (Wildman–Crippen LogP) is 4.92. The maximum absolute atomic E-state index is 12.7. The fraction of sp³-hybridized carbons (Fsp3) is 0.167. The molecule has 5 nitrogen and oxygen atoms in total. The molecule has 0 saturated carbocycles. The van der Waals surface area contributed by atoms with E-state index in [9.17, 15) is 9.59 Å². The molecule has 3 rings (SSSR count).